The summed E-state index contributed by atoms with van der Waals surface area (Å²) in [4.78, 5) is 17.5. The van der Waals surface area contributed by atoms with Gasteiger partial charge in [0.15, 0.2) is 0 Å². The van der Waals surface area contributed by atoms with E-state index in [4.69, 9.17) is 21.4 Å². The Kier molecular flexibility index (Phi) is 6.34. The van der Waals surface area contributed by atoms with Crippen molar-refractivity contribution in [3.8, 4) is 0 Å². The molecule has 2 aromatic carbocycles. The monoisotopic (exact) mass is 454 g/mol. The number of carbonyl (C=O) groups is 1. The van der Waals surface area contributed by atoms with Crippen LogP contribution >= 0.6 is 23.4 Å². The van der Waals surface area contributed by atoms with Gasteiger partial charge in [0, 0.05) is 16.5 Å². The molecule has 1 aliphatic rings. The number of rotatable bonds is 6. The number of ether oxygens (including phenoxy) is 1. The summed E-state index contributed by atoms with van der Waals surface area (Å²) in [5.74, 6) is 0.985. The number of esters is 1. The Labute approximate surface area is 190 Å². The zero-order valence-electron chi connectivity index (χ0n) is 17.6. The zero-order valence-corrected chi connectivity index (χ0v) is 19.1. The van der Waals surface area contributed by atoms with Crippen LogP contribution in [0.1, 0.15) is 36.6 Å². The van der Waals surface area contributed by atoms with Crippen LogP contribution in [-0.2, 0) is 15.3 Å². The molecular weight excluding hydrogens is 432 g/mol. The van der Waals surface area contributed by atoms with E-state index in [1.54, 1.807) is 23.4 Å². The first-order chi connectivity index (χ1) is 15.0. The SMILES string of the molecule is CCOC(=O)C1=C(C)Nc2nc(SCc3ccccc3C)nn2[C@@H]1c1ccc(Cl)cc1. The van der Waals surface area contributed by atoms with Crippen LogP contribution in [0.5, 0.6) is 0 Å². The second kappa shape index (κ2) is 9.16. The molecule has 0 saturated carbocycles. The molecule has 160 valence electrons. The van der Waals surface area contributed by atoms with Crippen molar-refractivity contribution in [1.82, 2.24) is 14.8 Å². The summed E-state index contributed by atoms with van der Waals surface area (Å²) in [6, 6.07) is 15.2. The second-order valence-corrected chi connectivity index (χ2v) is 8.59. The lowest BCUT2D eigenvalue weighted by molar-refractivity contribution is -0.139. The number of hydrogen-bond acceptors (Lipinski definition) is 6. The first-order valence-electron chi connectivity index (χ1n) is 10.0. The maximum absolute atomic E-state index is 12.8. The molecule has 8 heteroatoms. The van der Waals surface area contributed by atoms with E-state index in [0.29, 0.717) is 34.0 Å². The molecule has 0 fully saturated rings. The summed E-state index contributed by atoms with van der Waals surface area (Å²) in [6.07, 6.45) is 0. The molecule has 0 spiro atoms. The number of fused-ring (bicyclic) bond motifs is 1. The number of aromatic nitrogens is 3. The lowest BCUT2D eigenvalue weighted by Gasteiger charge is -2.28. The van der Waals surface area contributed by atoms with Gasteiger partial charge in [0.05, 0.1) is 12.2 Å². The Morgan fingerprint density at radius 2 is 1.94 bits per heavy atom. The predicted octanol–water partition coefficient (Wildman–Crippen LogP) is 5.38. The van der Waals surface area contributed by atoms with E-state index in [1.807, 2.05) is 43.3 Å². The number of anilines is 1. The van der Waals surface area contributed by atoms with Gasteiger partial charge in [0.25, 0.3) is 0 Å². The van der Waals surface area contributed by atoms with E-state index in [2.05, 4.69) is 29.4 Å². The van der Waals surface area contributed by atoms with E-state index in [0.717, 1.165) is 11.3 Å². The first-order valence-corrected chi connectivity index (χ1v) is 11.4. The number of nitrogens with zero attached hydrogens (tertiary/aromatic N) is 3. The second-order valence-electron chi connectivity index (χ2n) is 7.22. The van der Waals surface area contributed by atoms with Crippen LogP contribution in [0.3, 0.4) is 0 Å². The van der Waals surface area contributed by atoms with Gasteiger partial charge in [-0.05, 0) is 49.6 Å². The number of halogens is 1. The number of benzene rings is 2. The van der Waals surface area contributed by atoms with Gasteiger partial charge >= 0.3 is 5.97 Å². The number of allylic oxidation sites excluding steroid dienone is 1. The van der Waals surface area contributed by atoms with Crippen LogP contribution in [0.15, 0.2) is 65.0 Å². The third-order valence-corrected chi connectivity index (χ3v) is 6.27. The first kappa shape index (κ1) is 21.5. The largest absolute Gasteiger partial charge is 0.463 e. The molecule has 0 saturated heterocycles. The third kappa shape index (κ3) is 4.48. The highest BCUT2D eigenvalue weighted by Crippen LogP contribution is 2.37. The average molecular weight is 455 g/mol. The van der Waals surface area contributed by atoms with Crippen molar-refractivity contribution < 1.29 is 9.53 Å². The topological polar surface area (TPSA) is 69.0 Å². The molecule has 1 aliphatic heterocycles. The number of hydrogen-bond donors (Lipinski definition) is 1. The van der Waals surface area contributed by atoms with Gasteiger partial charge in [-0.2, -0.15) is 4.98 Å². The van der Waals surface area contributed by atoms with Crippen molar-refractivity contribution in [3.63, 3.8) is 0 Å². The fourth-order valence-electron chi connectivity index (χ4n) is 3.53. The Morgan fingerprint density at radius 3 is 2.65 bits per heavy atom. The van der Waals surface area contributed by atoms with Crippen LogP contribution in [0, 0.1) is 6.92 Å². The molecule has 1 N–H and O–H groups in total. The molecule has 1 aromatic heterocycles. The summed E-state index contributed by atoms with van der Waals surface area (Å²) in [5, 5.41) is 9.22. The molecule has 0 unspecified atom stereocenters. The van der Waals surface area contributed by atoms with Gasteiger partial charge in [0.1, 0.15) is 6.04 Å². The lowest BCUT2D eigenvalue weighted by Crippen LogP contribution is -2.29. The van der Waals surface area contributed by atoms with Crippen molar-refractivity contribution in [3.05, 3.63) is 81.5 Å². The van der Waals surface area contributed by atoms with Crippen molar-refractivity contribution >= 4 is 35.3 Å². The molecule has 2 heterocycles. The summed E-state index contributed by atoms with van der Waals surface area (Å²) in [6.45, 7) is 6.04. The van der Waals surface area contributed by atoms with Crippen LogP contribution in [0.25, 0.3) is 0 Å². The smallest absolute Gasteiger partial charge is 0.338 e. The summed E-state index contributed by atoms with van der Waals surface area (Å²) in [7, 11) is 0. The molecule has 31 heavy (non-hydrogen) atoms. The van der Waals surface area contributed by atoms with Gasteiger partial charge in [-0.3, -0.25) is 0 Å². The Morgan fingerprint density at radius 1 is 1.19 bits per heavy atom. The predicted molar refractivity (Wildman–Crippen MR) is 123 cm³/mol. The fraction of sp³-hybridized carbons (Fsp3) is 0.261. The molecule has 0 radical (unpaired) electrons. The molecule has 0 bridgehead atoms. The van der Waals surface area contributed by atoms with E-state index in [1.165, 1.54) is 11.1 Å². The van der Waals surface area contributed by atoms with Gasteiger partial charge in [-0.25, -0.2) is 9.48 Å². The van der Waals surface area contributed by atoms with Crippen molar-refractivity contribution in [2.75, 3.05) is 11.9 Å². The molecule has 6 nitrogen and oxygen atoms in total. The quantitative estimate of drug-likeness (QED) is 0.398. The van der Waals surface area contributed by atoms with Gasteiger partial charge < -0.3 is 10.1 Å². The highest BCUT2D eigenvalue weighted by Gasteiger charge is 2.35. The standard InChI is InChI=1S/C23H23ClN4O2S/c1-4-30-21(29)19-15(3)25-22-26-23(31-13-17-8-6-5-7-14(17)2)27-28(22)20(19)16-9-11-18(24)12-10-16/h5-12,20H,4,13H2,1-3H3,(H,25,26,27)/t20-/m1/s1. The third-order valence-electron chi connectivity index (χ3n) is 5.13. The summed E-state index contributed by atoms with van der Waals surface area (Å²) in [5.41, 5.74) is 4.57. The van der Waals surface area contributed by atoms with Crippen molar-refractivity contribution in [2.24, 2.45) is 0 Å². The Hall–Kier alpha value is -2.77. The number of aryl methyl sites for hydroxylation is 1. The van der Waals surface area contributed by atoms with Crippen LogP contribution < -0.4 is 5.32 Å². The minimum absolute atomic E-state index is 0.296. The molecule has 3 aromatic rings. The maximum Gasteiger partial charge on any atom is 0.338 e. The molecular formula is C23H23ClN4O2S. The minimum Gasteiger partial charge on any atom is -0.463 e. The average Bonchev–Trinajstić information content (AvgIpc) is 3.15. The molecule has 1 atom stereocenters. The number of thioether (sulfide) groups is 1. The van der Waals surface area contributed by atoms with Crippen molar-refractivity contribution in [1.29, 1.82) is 0 Å². The van der Waals surface area contributed by atoms with Crippen LogP contribution in [-0.4, -0.2) is 27.3 Å². The number of carbonyl (C=O) groups excluding carboxylic acids is 1. The zero-order chi connectivity index (χ0) is 22.0. The summed E-state index contributed by atoms with van der Waals surface area (Å²) < 4.78 is 7.09. The normalized spacial score (nSPS) is 15.4. The highest BCUT2D eigenvalue weighted by molar-refractivity contribution is 7.98. The fourth-order valence-corrected chi connectivity index (χ4v) is 4.56. The maximum atomic E-state index is 12.8. The van der Waals surface area contributed by atoms with E-state index in [-0.39, 0.29) is 5.97 Å². The Bertz CT molecular complexity index is 1140. The van der Waals surface area contributed by atoms with E-state index >= 15 is 0 Å². The van der Waals surface area contributed by atoms with Crippen molar-refractivity contribution in [2.45, 2.75) is 37.7 Å². The molecule has 0 aliphatic carbocycles. The lowest BCUT2D eigenvalue weighted by atomic mass is 9.96. The summed E-state index contributed by atoms with van der Waals surface area (Å²) >= 11 is 7.65. The highest BCUT2D eigenvalue weighted by atomic mass is 35.5. The number of nitrogens with one attached hydrogen (secondary N) is 1. The van der Waals surface area contributed by atoms with Gasteiger partial charge in [-0.15, -0.1) is 5.10 Å². The minimum atomic E-state index is -0.451. The van der Waals surface area contributed by atoms with Crippen LogP contribution in [0.2, 0.25) is 5.02 Å². The molecule has 4 rings (SSSR count). The Balaban J connectivity index is 1.70. The van der Waals surface area contributed by atoms with Gasteiger partial charge in [0.2, 0.25) is 11.1 Å². The van der Waals surface area contributed by atoms with Crippen LogP contribution in [0.4, 0.5) is 5.95 Å². The van der Waals surface area contributed by atoms with Gasteiger partial charge in [-0.1, -0.05) is 59.8 Å². The van der Waals surface area contributed by atoms with E-state index in [9.17, 15) is 4.79 Å². The molecule has 0 amide bonds. The van der Waals surface area contributed by atoms with E-state index < -0.39 is 6.04 Å².